The molecule has 6 N–H and O–H groups in total. The number of quaternary nitrogens is 1. The van der Waals surface area contributed by atoms with E-state index in [1.54, 1.807) is 6.33 Å². The number of aromatic amines is 2. The number of nitrogens with one attached hydrogen (secondary N) is 2. The van der Waals surface area contributed by atoms with Crippen LogP contribution in [0.3, 0.4) is 0 Å². The van der Waals surface area contributed by atoms with E-state index in [1.165, 1.54) is 6.33 Å². The number of carboxylic acids is 1. The standard InChI is InChI=1S/C8H9N5O2/c9-4(8(14)15)1-5-6-7(12-2-10-5)13-3-11-6/h2-4H,1,9H2,(H,14,15)(H,10,11,12,13)/p+2. The number of imidazole rings is 1. The number of hydrogen-bond donors (Lipinski definition) is 3. The largest absolute Gasteiger partial charge is 0.477 e. The van der Waals surface area contributed by atoms with Gasteiger partial charge in [-0.25, -0.2) is 14.8 Å². The second kappa shape index (κ2) is 3.62. The van der Waals surface area contributed by atoms with Crippen molar-refractivity contribution in [2.45, 2.75) is 12.5 Å². The molecule has 15 heavy (non-hydrogen) atoms. The Morgan fingerprint density at radius 1 is 1.67 bits per heavy atom. The molecule has 2 aromatic heterocycles. The summed E-state index contributed by atoms with van der Waals surface area (Å²) in [4.78, 5) is 24.5. The molecule has 0 saturated heterocycles. The van der Waals surface area contributed by atoms with Gasteiger partial charge in [-0.15, -0.1) is 0 Å². The van der Waals surface area contributed by atoms with Crippen LogP contribution in [0, 0.1) is 0 Å². The Bertz CT molecular complexity index is 494. The number of H-pyrrole nitrogens is 2. The van der Waals surface area contributed by atoms with Crippen LogP contribution in [0.2, 0.25) is 0 Å². The molecule has 2 rings (SSSR count). The van der Waals surface area contributed by atoms with E-state index in [1.807, 2.05) is 0 Å². The summed E-state index contributed by atoms with van der Waals surface area (Å²) in [6.45, 7) is 0. The summed E-state index contributed by atoms with van der Waals surface area (Å²) in [5.41, 5.74) is 5.59. The monoisotopic (exact) mass is 209 g/mol. The highest BCUT2D eigenvalue weighted by Gasteiger charge is 2.21. The lowest BCUT2D eigenvalue weighted by Gasteiger charge is -2.00. The first-order chi connectivity index (χ1) is 7.18. The van der Waals surface area contributed by atoms with Crippen LogP contribution in [0.5, 0.6) is 0 Å². The summed E-state index contributed by atoms with van der Waals surface area (Å²) in [5, 5.41) is 8.74. The lowest BCUT2D eigenvalue weighted by Crippen LogP contribution is -2.66. The highest BCUT2D eigenvalue weighted by molar-refractivity contribution is 5.74. The van der Waals surface area contributed by atoms with Crippen LogP contribution in [-0.4, -0.2) is 32.1 Å². The van der Waals surface area contributed by atoms with E-state index in [4.69, 9.17) is 5.11 Å². The number of aromatic nitrogens is 4. The Balaban J connectivity index is 2.35. The predicted octanol–water partition coefficient (Wildman–Crippen LogP) is -1.99. The number of fused-ring (bicyclic) bond motifs is 1. The maximum absolute atomic E-state index is 10.7. The highest BCUT2D eigenvalue weighted by atomic mass is 16.4. The average molecular weight is 209 g/mol. The Labute approximate surface area is 84.4 Å². The van der Waals surface area contributed by atoms with Crippen LogP contribution in [-0.2, 0) is 11.2 Å². The molecule has 0 amide bonds. The summed E-state index contributed by atoms with van der Waals surface area (Å²) < 4.78 is 0. The molecule has 2 heterocycles. The molecule has 0 spiro atoms. The maximum atomic E-state index is 10.7. The van der Waals surface area contributed by atoms with Gasteiger partial charge in [0.25, 0.3) is 0 Å². The first-order valence-corrected chi connectivity index (χ1v) is 4.43. The van der Waals surface area contributed by atoms with Gasteiger partial charge in [0.15, 0.2) is 24.2 Å². The normalized spacial score (nSPS) is 12.9. The fraction of sp³-hybridized carbons (Fsp3) is 0.250. The van der Waals surface area contributed by atoms with Crippen molar-refractivity contribution >= 4 is 17.1 Å². The molecular formula is C8H11N5O2+2. The van der Waals surface area contributed by atoms with E-state index in [9.17, 15) is 4.79 Å². The van der Waals surface area contributed by atoms with Crippen molar-refractivity contribution in [1.82, 2.24) is 15.0 Å². The van der Waals surface area contributed by atoms with Gasteiger partial charge in [-0.2, -0.15) is 0 Å². The van der Waals surface area contributed by atoms with Crippen molar-refractivity contribution in [3.63, 3.8) is 0 Å². The third-order valence-corrected chi connectivity index (χ3v) is 2.14. The summed E-state index contributed by atoms with van der Waals surface area (Å²) in [5.74, 6) is -0.933. The van der Waals surface area contributed by atoms with Gasteiger partial charge in [0.05, 0.1) is 12.1 Å². The van der Waals surface area contributed by atoms with Gasteiger partial charge in [-0.1, -0.05) is 4.98 Å². The van der Waals surface area contributed by atoms with Gasteiger partial charge < -0.3 is 10.8 Å². The van der Waals surface area contributed by atoms with Crippen LogP contribution in [0.1, 0.15) is 5.69 Å². The number of aliphatic carboxylic acids is 1. The zero-order valence-corrected chi connectivity index (χ0v) is 7.90. The minimum atomic E-state index is -0.933. The Kier molecular flexibility index (Phi) is 2.30. The van der Waals surface area contributed by atoms with Crippen molar-refractivity contribution in [3.05, 3.63) is 18.3 Å². The minimum Gasteiger partial charge on any atom is -0.477 e. The number of nitrogens with zero attached hydrogens (tertiary/aromatic N) is 2. The quantitative estimate of drug-likeness (QED) is 0.541. The zero-order chi connectivity index (χ0) is 10.8. The molecular weight excluding hydrogens is 198 g/mol. The third kappa shape index (κ3) is 1.77. The number of carbonyl (C=O) groups is 1. The second-order valence-electron chi connectivity index (χ2n) is 3.22. The van der Waals surface area contributed by atoms with Crippen LogP contribution in [0.15, 0.2) is 12.7 Å². The van der Waals surface area contributed by atoms with Crippen molar-refractivity contribution in [2.24, 2.45) is 0 Å². The molecule has 0 bridgehead atoms. The molecule has 2 aromatic rings. The van der Waals surface area contributed by atoms with Crippen molar-refractivity contribution in [1.29, 1.82) is 0 Å². The zero-order valence-electron chi connectivity index (χ0n) is 7.90. The third-order valence-electron chi connectivity index (χ3n) is 2.14. The van der Waals surface area contributed by atoms with E-state index in [2.05, 4.69) is 25.7 Å². The minimum absolute atomic E-state index is 0.280. The van der Waals surface area contributed by atoms with Gasteiger partial charge in [-0.3, -0.25) is 4.98 Å². The van der Waals surface area contributed by atoms with Gasteiger partial charge in [0.2, 0.25) is 0 Å². The average Bonchev–Trinajstić information content (AvgIpc) is 2.66. The fourth-order valence-electron chi connectivity index (χ4n) is 1.34. The summed E-state index contributed by atoms with van der Waals surface area (Å²) in [7, 11) is 0. The number of rotatable bonds is 3. The summed E-state index contributed by atoms with van der Waals surface area (Å²) in [6, 6.07) is -0.702. The van der Waals surface area contributed by atoms with E-state index >= 15 is 0 Å². The predicted molar refractivity (Wildman–Crippen MR) is 48.5 cm³/mol. The van der Waals surface area contributed by atoms with E-state index in [-0.39, 0.29) is 6.42 Å². The van der Waals surface area contributed by atoms with Gasteiger partial charge >= 0.3 is 11.6 Å². The topological polar surface area (TPSA) is 121 Å². The Morgan fingerprint density at radius 3 is 3.20 bits per heavy atom. The van der Waals surface area contributed by atoms with E-state index in [0.717, 1.165) is 5.52 Å². The van der Waals surface area contributed by atoms with Gasteiger partial charge in [0.1, 0.15) is 0 Å². The van der Waals surface area contributed by atoms with Crippen molar-refractivity contribution < 1.29 is 20.6 Å². The van der Waals surface area contributed by atoms with Gasteiger partial charge in [-0.05, 0) is 0 Å². The smallest absolute Gasteiger partial charge is 0.362 e. The number of hydrogen-bond acceptors (Lipinski definition) is 3. The molecule has 7 heteroatoms. The second-order valence-corrected chi connectivity index (χ2v) is 3.22. The highest BCUT2D eigenvalue weighted by Crippen LogP contribution is 2.08. The van der Waals surface area contributed by atoms with Crippen LogP contribution < -0.4 is 10.7 Å². The molecule has 0 aliphatic rings. The first-order valence-electron chi connectivity index (χ1n) is 4.43. The van der Waals surface area contributed by atoms with Crippen molar-refractivity contribution in [3.8, 4) is 0 Å². The maximum Gasteiger partial charge on any atom is 0.362 e. The molecule has 0 fully saturated rings. The molecule has 78 valence electrons. The lowest BCUT2D eigenvalue weighted by molar-refractivity contribution is -0.407. The van der Waals surface area contributed by atoms with Crippen molar-refractivity contribution in [2.75, 3.05) is 0 Å². The number of carboxylic acid groups (broad SMARTS) is 1. The molecule has 0 radical (unpaired) electrons. The van der Waals surface area contributed by atoms with Crippen LogP contribution in [0.4, 0.5) is 0 Å². The lowest BCUT2D eigenvalue weighted by atomic mass is 10.1. The SMILES string of the molecule is [NH3+]C(Cc1ncnc2[nH+]c[nH]c12)C(=O)O. The van der Waals surface area contributed by atoms with E-state index in [0.29, 0.717) is 11.3 Å². The van der Waals surface area contributed by atoms with Crippen LogP contribution in [0.25, 0.3) is 11.2 Å². The first kappa shape index (κ1) is 9.53. The molecule has 7 nitrogen and oxygen atoms in total. The Morgan fingerprint density at radius 2 is 2.47 bits per heavy atom. The van der Waals surface area contributed by atoms with E-state index < -0.39 is 12.0 Å². The fourth-order valence-corrected chi connectivity index (χ4v) is 1.34. The molecule has 0 aliphatic heterocycles. The van der Waals surface area contributed by atoms with Crippen LogP contribution >= 0.6 is 0 Å². The summed E-state index contributed by atoms with van der Waals surface area (Å²) >= 11 is 0. The summed E-state index contributed by atoms with van der Waals surface area (Å²) in [6.07, 6.45) is 3.31. The van der Waals surface area contributed by atoms with Gasteiger partial charge in [0, 0.05) is 0 Å². The molecule has 1 unspecified atom stereocenters. The molecule has 1 atom stereocenters. The molecule has 0 saturated carbocycles. The Hall–Kier alpha value is -2.02. The molecule has 0 aliphatic carbocycles. The molecule has 0 aromatic carbocycles.